The first-order chi connectivity index (χ1) is 16.8. The van der Waals surface area contributed by atoms with Gasteiger partial charge in [0, 0.05) is 24.2 Å². The summed E-state index contributed by atoms with van der Waals surface area (Å²) < 4.78 is 30.3. The molecular formula is C25H19F2N5O3. The van der Waals surface area contributed by atoms with Crippen LogP contribution in [0.4, 0.5) is 8.78 Å². The van der Waals surface area contributed by atoms with Crippen LogP contribution in [0.15, 0.2) is 65.5 Å². The van der Waals surface area contributed by atoms with Crippen LogP contribution >= 0.6 is 0 Å². The number of rotatable bonds is 5. The van der Waals surface area contributed by atoms with Gasteiger partial charge in [0.25, 0.3) is 11.8 Å². The zero-order chi connectivity index (χ0) is 24.7. The number of benzene rings is 1. The smallest absolute Gasteiger partial charge is 0.314 e. The van der Waals surface area contributed by atoms with E-state index in [0.29, 0.717) is 22.4 Å². The van der Waals surface area contributed by atoms with Gasteiger partial charge in [-0.15, -0.1) is 10.2 Å². The molecule has 4 aromatic rings. The number of carbonyl (C=O) groups excluding carboxylic acids is 2. The minimum Gasteiger partial charge on any atom is -0.415 e. The highest BCUT2D eigenvalue weighted by Gasteiger charge is 2.44. The number of carbonyl (C=O) groups is 2. The van der Waals surface area contributed by atoms with Gasteiger partial charge in [0.15, 0.2) is 0 Å². The van der Waals surface area contributed by atoms with E-state index in [1.165, 1.54) is 11.1 Å². The molecule has 35 heavy (non-hydrogen) atoms. The lowest BCUT2D eigenvalue weighted by molar-refractivity contribution is -0.134. The fourth-order valence-corrected chi connectivity index (χ4v) is 4.05. The standard InChI is InChI=1S/C25H19F2N5O3/c1-25(2)19-11-15(14-7-9-28-10-8-14)4-6-18(19)23(33)32(24(25)34)13-17-5-3-16(12-29-17)21-30-31-22(35-21)20(26)27/h3-12,20H,13H2,1-2H3. The zero-order valence-corrected chi connectivity index (χ0v) is 18.8. The summed E-state index contributed by atoms with van der Waals surface area (Å²) in [6, 6.07) is 12.3. The summed E-state index contributed by atoms with van der Waals surface area (Å²) in [5, 5.41) is 6.89. The Morgan fingerprint density at radius 3 is 2.37 bits per heavy atom. The second-order valence-corrected chi connectivity index (χ2v) is 8.60. The van der Waals surface area contributed by atoms with Crippen molar-refractivity contribution in [3.63, 3.8) is 0 Å². The van der Waals surface area contributed by atoms with Crippen molar-refractivity contribution < 1.29 is 22.8 Å². The average molecular weight is 475 g/mol. The third kappa shape index (κ3) is 3.96. The van der Waals surface area contributed by atoms with Crippen molar-refractivity contribution in [3.8, 4) is 22.6 Å². The van der Waals surface area contributed by atoms with Gasteiger partial charge in [-0.2, -0.15) is 8.78 Å². The van der Waals surface area contributed by atoms with Crippen LogP contribution in [0.25, 0.3) is 22.6 Å². The number of imide groups is 1. The summed E-state index contributed by atoms with van der Waals surface area (Å²) in [6.45, 7) is 3.53. The van der Waals surface area contributed by atoms with E-state index in [0.717, 1.165) is 11.1 Å². The van der Waals surface area contributed by atoms with Crippen LogP contribution in [0.3, 0.4) is 0 Å². The van der Waals surface area contributed by atoms with Crippen molar-refractivity contribution in [2.45, 2.75) is 32.2 Å². The van der Waals surface area contributed by atoms with Gasteiger partial charge in [-0.25, -0.2) is 0 Å². The molecule has 0 saturated carbocycles. The van der Waals surface area contributed by atoms with E-state index in [1.54, 1.807) is 44.4 Å². The number of halogens is 2. The molecule has 0 N–H and O–H groups in total. The fourth-order valence-electron chi connectivity index (χ4n) is 4.05. The van der Waals surface area contributed by atoms with Gasteiger partial charge < -0.3 is 4.42 Å². The van der Waals surface area contributed by atoms with Crippen LogP contribution in [0.1, 0.15) is 47.8 Å². The lowest BCUT2D eigenvalue weighted by atomic mass is 9.76. The number of alkyl halides is 2. The Labute approximate surface area is 198 Å². The monoisotopic (exact) mass is 475 g/mol. The Hall–Kier alpha value is -4.34. The Bertz CT molecular complexity index is 1420. The van der Waals surface area contributed by atoms with Crippen molar-refractivity contribution >= 4 is 11.8 Å². The maximum atomic E-state index is 13.4. The Morgan fingerprint density at radius 1 is 0.971 bits per heavy atom. The number of hydrogen-bond donors (Lipinski definition) is 0. The molecule has 10 heteroatoms. The molecule has 1 aliphatic heterocycles. The van der Waals surface area contributed by atoms with E-state index in [1.807, 2.05) is 24.3 Å². The molecule has 1 aliphatic rings. The van der Waals surface area contributed by atoms with Crippen molar-refractivity contribution in [2.75, 3.05) is 0 Å². The Balaban J connectivity index is 1.42. The Morgan fingerprint density at radius 2 is 1.71 bits per heavy atom. The maximum Gasteiger partial charge on any atom is 0.314 e. The molecule has 0 spiro atoms. The summed E-state index contributed by atoms with van der Waals surface area (Å²) in [5.41, 5.74) is 2.79. The lowest BCUT2D eigenvalue weighted by Crippen LogP contribution is -2.51. The molecule has 4 heterocycles. The van der Waals surface area contributed by atoms with E-state index in [2.05, 4.69) is 20.2 Å². The summed E-state index contributed by atoms with van der Waals surface area (Å²) in [5.74, 6) is -1.62. The molecule has 8 nitrogen and oxygen atoms in total. The third-order valence-electron chi connectivity index (χ3n) is 5.98. The highest BCUT2D eigenvalue weighted by molar-refractivity contribution is 6.13. The highest BCUT2D eigenvalue weighted by Crippen LogP contribution is 2.37. The van der Waals surface area contributed by atoms with Crippen LogP contribution in [-0.2, 0) is 16.8 Å². The van der Waals surface area contributed by atoms with E-state index >= 15 is 0 Å². The maximum absolute atomic E-state index is 13.4. The van der Waals surface area contributed by atoms with Gasteiger partial charge in [-0.3, -0.25) is 24.5 Å². The SMILES string of the molecule is CC1(C)C(=O)N(Cc2ccc(-c3nnc(C(F)F)o3)cn2)C(=O)c2ccc(-c3ccncc3)cc21. The molecule has 0 saturated heterocycles. The average Bonchev–Trinajstić information content (AvgIpc) is 3.37. The molecular weight excluding hydrogens is 456 g/mol. The van der Waals surface area contributed by atoms with Gasteiger partial charge in [0.1, 0.15) is 0 Å². The summed E-state index contributed by atoms with van der Waals surface area (Å²) in [7, 11) is 0. The molecule has 0 bridgehead atoms. The van der Waals surface area contributed by atoms with Gasteiger partial charge in [-0.05, 0) is 66.9 Å². The van der Waals surface area contributed by atoms with Gasteiger partial charge in [-0.1, -0.05) is 6.07 Å². The van der Waals surface area contributed by atoms with Gasteiger partial charge >= 0.3 is 6.43 Å². The second-order valence-electron chi connectivity index (χ2n) is 8.60. The quantitative estimate of drug-likeness (QED) is 0.389. The van der Waals surface area contributed by atoms with E-state index < -0.39 is 23.6 Å². The van der Waals surface area contributed by atoms with E-state index in [9.17, 15) is 18.4 Å². The largest absolute Gasteiger partial charge is 0.415 e. The van der Waals surface area contributed by atoms with Crippen LogP contribution in [0, 0.1) is 0 Å². The van der Waals surface area contributed by atoms with Crippen LogP contribution in [-0.4, -0.2) is 36.9 Å². The minimum atomic E-state index is -2.87. The normalized spacial score (nSPS) is 14.9. The van der Waals surface area contributed by atoms with Gasteiger partial charge in [0.05, 0.1) is 23.2 Å². The molecule has 2 amide bonds. The number of fused-ring (bicyclic) bond motifs is 1. The third-order valence-corrected chi connectivity index (χ3v) is 5.98. The number of hydrogen-bond acceptors (Lipinski definition) is 7. The van der Waals surface area contributed by atoms with E-state index in [-0.39, 0.29) is 18.3 Å². The van der Waals surface area contributed by atoms with Crippen molar-refractivity contribution in [1.82, 2.24) is 25.1 Å². The van der Waals surface area contributed by atoms with Crippen molar-refractivity contribution in [1.29, 1.82) is 0 Å². The first kappa shape index (κ1) is 22.5. The molecule has 5 rings (SSSR count). The Kier molecular flexibility index (Phi) is 5.43. The number of amides is 2. The molecule has 3 aromatic heterocycles. The van der Waals surface area contributed by atoms with Crippen molar-refractivity contribution in [2.24, 2.45) is 0 Å². The summed E-state index contributed by atoms with van der Waals surface area (Å²) in [4.78, 5) is 36.1. The number of aromatic nitrogens is 4. The molecule has 0 radical (unpaired) electrons. The van der Waals surface area contributed by atoms with Crippen molar-refractivity contribution in [3.05, 3.63) is 83.8 Å². The van der Waals surface area contributed by atoms with E-state index in [4.69, 9.17) is 4.42 Å². The zero-order valence-electron chi connectivity index (χ0n) is 18.8. The summed E-state index contributed by atoms with van der Waals surface area (Å²) >= 11 is 0. The predicted octanol–water partition coefficient (Wildman–Crippen LogP) is 4.59. The molecule has 0 fully saturated rings. The first-order valence-corrected chi connectivity index (χ1v) is 10.7. The fraction of sp³-hybridized carbons (Fsp3) is 0.200. The molecule has 176 valence electrons. The minimum absolute atomic E-state index is 0.0426. The topological polar surface area (TPSA) is 102 Å². The number of pyridine rings is 2. The molecule has 1 aromatic carbocycles. The summed E-state index contributed by atoms with van der Waals surface area (Å²) in [6.07, 6.45) is 1.88. The second kappa shape index (κ2) is 8.46. The highest BCUT2D eigenvalue weighted by atomic mass is 19.3. The van der Waals surface area contributed by atoms with Crippen LogP contribution < -0.4 is 0 Å². The lowest BCUT2D eigenvalue weighted by Gasteiger charge is -2.37. The number of nitrogens with zero attached hydrogens (tertiary/aromatic N) is 5. The predicted molar refractivity (Wildman–Crippen MR) is 120 cm³/mol. The van der Waals surface area contributed by atoms with Gasteiger partial charge in [0.2, 0.25) is 11.8 Å². The molecule has 0 unspecified atom stereocenters. The molecule has 0 atom stereocenters. The first-order valence-electron chi connectivity index (χ1n) is 10.7. The van der Waals surface area contributed by atoms with Crippen LogP contribution in [0.5, 0.6) is 0 Å². The van der Waals surface area contributed by atoms with Crippen LogP contribution in [0.2, 0.25) is 0 Å². The molecule has 0 aliphatic carbocycles.